The monoisotopic (exact) mass is 2050 g/mol. The van der Waals surface area contributed by atoms with Crippen LogP contribution in [0.15, 0.2) is 285 Å². The number of carbonyl (C=O) groups excluding carboxylic acids is 6. The van der Waals surface area contributed by atoms with E-state index in [0.717, 1.165) is 45.7 Å². The molecule has 0 bridgehead atoms. The number of thiazole rings is 1. The number of aryl methyl sites for hydroxylation is 5. The quantitative estimate of drug-likeness (QED) is 0.0281. The molecule has 51 heteroatoms. The van der Waals surface area contributed by atoms with E-state index in [0.29, 0.717) is 135 Å². The number of anilines is 5. The Labute approximate surface area is 853 Å². The summed E-state index contributed by atoms with van der Waals surface area (Å²) in [6, 6.07) is 39.1. The number of hydrogen-bond acceptors (Lipinski definition) is 32. The van der Waals surface area contributed by atoms with E-state index in [4.69, 9.17) is 66.4 Å². The molecule has 20 aromatic heterocycles. The Morgan fingerprint density at radius 1 is 0.380 bits per heavy atom. The second kappa shape index (κ2) is 49.1. The first kappa shape index (κ1) is 104. The Bertz CT molecular complexity index is 7640. The van der Waals surface area contributed by atoms with Crippen LogP contribution < -0.4 is 26.6 Å². The summed E-state index contributed by atoms with van der Waals surface area (Å²) < 4.78 is 51.1. The summed E-state index contributed by atoms with van der Waals surface area (Å²) in [6.45, 7) is 7.09. The van der Waals surface area contributed by atoms with Gasteiger partial charge in [-0.25, -0.2) is 9.78 Å². The van der Waals surface area contributed by atoms with E-state index in [2.05, 4.69) is 113 Å². The number of rotatable bonds is 22. The number of aromatic nitrogens is 25. The van der Waals surface area contributed by atoms with Crippen molar-refractivity contribution in [1.82, 2.24) is 129 Å². The zero-order valence-electron chi connectivity index (χ0n) is 81.0. The van der Waals surface area contributed by atoms with Gasteiger partial charge in [0.25, 0.3) is 49.0 Å². The van der Waals surface area contributed by atoms with Crippen molar-refractivity contribution in [1.29, 1.82) is 0 Å². The lowest BCUT2D eigenvalue weighted by molar-refractivity contribution is -0.123. The molecule has 766 valence electrons. The fourth-order valence-corrected chi connectivity index (χ4v) is 15.3. The number of furan rings is 5. The average Bonchev–Trinajstić information content (AvgIpc) is 1.65. The Hall–Kier alpha value is -20.3. The molecule has 0 saturated carbocycles. The summed E-state index contributed by atoms with van der Waals surface area (Å²) in [6.07, 6.45) is 35.6. The van der Waals surface area contributed by atoms with Crippen LogP contribution in [0.4, 0.5) is 33.2 Å². The number of hydrogen-bond donors (Lipinski definition) is 11. The predicted octanol–water partition coefficient (Wildman–Crippen LogP) is 14.8. The maximum atomic E-state index is 13.0. The Morgan fingerprint density at radius 2 is 0.693 bits per heavy atom. The van der Waals surface area contributed by atoms with E-state index in [-0.39, 0.29) is 90.0 Å². The third-order valence-electron chi connectivity index (χ3n) is 21.4. The highest BCUT2D eigenvalue weighted by Crippen LogP contribution is 2.37. The van der Waals surface area contributed by atoms with Gasteiger partial charge in [-0.05, 0) is 143 Å². The molecule has 22 heterocycles. The van der Waals surface area contributed by atoms with Crippen LogP contribution in [-0.4, -0.2) is 231 Å². The number of nitrogens with zero attached hydrogens (tertiary/aromatic N) is 23. The largest absolute Gasteiger partial charge is 0.483 e. The van der Waals surface area contributed by atoms with Gasteiger partial charge in [0, 0.05) is 160 Å². The Morgan fingerprint density at radius 3 is 0.987 bits per heavy atom. The number of carbonyl (C=O) groups is 9. The molecule has 2 aliphatic heterocycles. The standard InChI is InChI=1S/C24H25N7O4.C19H18N6O3S.2C18H16N6O2.C17H14N6O2.3CH2O2/c1-24(2,3)35-23(33)30-12-16(13-30)31-14-18(21(29-31)17-6-4-5-9-25-17)28-22(32)20-8-7-19(34-20)15-10-26-27-11-15;26-18(16-2-1-15(28-16)12-9-21-22-10-12)23-14-11-25(13-3-6-27-7-4-13)24-17(14)19-20-5-8-29-19;2*1-23-10-12(9-20-23)15-6-7-16(26-15)18(25)21-14-11-24(2)22-17(14)13-5-3-4-8-19-13;1-23-10-13(16(22-23)12-4-2-3-7-18-12)21-17(24)15-6-5-14(25-15)11-8-19-20-9-11;3*2-1-3/h4-11,14,16H,12-13H2,1-3H3,(H,26,27)(H,28,32);1-2,5,8-11,13H,3-4,6-7H2,(H,21,22)(H,23,26);2*3-11H,1-2H3,(H,21,25);2-10H,1H3,(H,19,20)(H,21,24);3*1H,(H,2,3). The smallest absolute Gasteiger partial charge is 0.410 e. The fourth-order valence-electron chi connectivity index (χ4n) is 14.6. The molecule has 0 atom stereocenters. The van der Waals surface area contributed by atoms with Crippen LogP contribution in [0.25, 0.3) is 113 Å². The summed E-state index contributed by atoms with van der Waals surface area (Å²) in [4.78, 5) is 124. The zero-order valence-corrected chi connectivity index (χ0v) is 81.8. The van der Waals surface area contributed by atoms with E-state index >= 15 is 0 Å². The van der Waals surface area contributed by atoms with E-state index in [1.54, 1.807) is 220 Å². The van der Waals surface area contributed by atoms with Gasteiger partial charge in [0.1, 0.15) is 67.9 Å². The third kappa shape index (κ3) is 27.0. The molecule has 0 aliphatic carbocycles. The average molecular weight is 2060 g/mol. The van der Waals surface area contributed by atoms with E-state index in [9.17, 15) is 28.8 Å². The van der Waals surface area contributed by atoms with Crippen molar-refractivity contribution in [3.63, 3.8) is 0 Å². The molecule has 2 fully saturated rings. The van der Waals surface area contributed by atoms with Crippen LogP contribution in [0.2, 0.25) is 0 Å². The van der Waals surface area contributed by atoms with Crippen molar-refractivity contribution in [3.05, 3.63) is 292 Å². The number of nitrogens with one attached hydrogen (secondary N) is 8. The molecule has 2 saturated heterocycles. The predicted molar refractivity (Wildman–Crippen MR) is 541 cm³/mol. The van der Waals surface area contributed by atoms with Gasteiger partial charge >= 0.3 is 6.09 Å². The number of aromatic amines is 3. The van der Waals surface area contributed by atoms with Gasteiger partial charge in [0.2, 0.25) is 0 Å². The fraction of sp³-hybridized carbons (Fsp3) is 0.172. The molecule has 11 N–H and O–H groups in total. The first-order valence-corrected chi connectivity index (χ1v) is 46.2. The van der Waals surface area contributed by atoms with Crippen molar-refractivity contribution in [2.75, 3.05) is 52.9 Å². The number of likely N-dealkylation sites (tertiary alicyclic amines) is 1. The topological polar surface area (TPSA) is 637 Å². The highest BCUT2D eigenvalue weighted by atomic mass is 32.1. The number of pyridine rings is 4. The SMILES string of the molecule is CC(C)(C)OC(=O)N1CC(n2cc(NC(=O)c3ccc(-c4cn[nH]c4)o3)c(-c3ccccn3)n2)C1.Cn1cc(-c2ccc(C(=O)Nc3cn(C)nc3-c3ccccn3)o2)cn1.Cn1cc(-c2ccc(C(=O)Nc3cn(C)nc3-c3ccccn3)o2)cn1.Cn1cc(NC(=O)c2ccc(-c3cn[nH]c3)o2)c(-c2ccccn2)n1.O=C(Nc1cn(C2CCOCC2)nc1-c1nccs1)c1ccc(-c2cn[nH]c2)o1.O=CO.O=CO.O=CO. The summed E-state index contributed by atoms with van der Waals surface area (Å²) in [7, 11) is 9.00. The first-order chi connectivity index (χ1) is 72.7. The minimum Gasteiger partial charge on any atom is -0.483 e. The maximum Gasteiger partial charge on any atom is 0.410 e. The van der Waals surface area contributed by atoms with Crippen LogP contribution in [-0.2, 0) is 59.1 Å². The van der Waals surface area contributed by atoms with Crippen LogP contribution >= 0.6 is 11.3 Å². The van der Waals surface area contributed by atoms with Gasteiger partial charge < -0.3 is 78.4 Å². The highest BCUT2D eigenvalue weighted by molar-refractivity contribution is 7.13. The first-order valence-electron chi connectivity index (χ1n) is 45.3. The van der Waals surface area contributed by atoms with Crippen LogP contribution in [0.1, 0.15) is 98.5 Å². The lowest BCUT2D eigenvalue weighted by Crippen LogP contribution is -2.52. The van der Waals surface area contributed by atoms with Crippen LogP contribution in [0.5, 0.6) is 0 Å². The second-order valence-electron chi connectivity index (χ2n) is 33.2. The van der Waals surface area contributed by atoms with Gasteiger partial charge in [-0.3, -0.25) is 106 Å². The van der Waals surface area contributed by atoms with E-state index in [1.165, 1.54) is 11.3 Å². The number of ether oxygens (including phenoxy) is 2. The molecule has 2 aliphatic rings. The van der Waals surface area contributed by atoms with E-state index in [1.807, 2.05) is 136 Å². The molecule has 0 spiro atoms. The Balaban J connectivity index is 0.000000138. The normalized spacial score (nSPS) is 11.9. The van der Waals surface area contributed by atoms with Crippen LogP contribution in [0, 0.1) is 0 Å². The zero-order chi connectivity index (χ0) is 106. The van der Waals surface area contributed by atoms with Crippen molar-refractivity contribution < 1.29 is 90.0 Å². The number of carboxylic acid groups (broad SMARTS) is 3. The maximum absolute atomic E-state index is 13.0. The second-order valence-corrected chi connectivity index (χ2v) is 34.1. The Kier molecular flexibility index (Phi) is 34.1. The van der Waals surface area contributed by atoms with Gasteiger partial charge in [0.15, 0.2) is 28.8 Å². The van der Waals surface area contributed by atoms with Gasteiger partial charge in [-0.15, -0.1) is 11.3 Å². The van der Waals surface area contributed by atoms with Crippen molar-refractivity contribution in [2.45, 2.75) is 51.3 Å². The minimum absolute atomic E-state index is 0.0491. The molecule has 150 heavy (non-hydrogen) atoms. The highest BCUT2D eigenvalue weighted by Gasteiger charge is 2.37. The lowest BCUT2D eigenvalue weighted by atomic mass is 10.1. The molecule has 50 nitrogen and oxygen atoms in total. The molecule has 20 aromatic rings. The molecular weight excluding hydrogens is 1960 g/mol. The third-order valence-corrected chi connectivity index (χ3v) is 22.2. The summed E-state index contributed by atoms with van der Waals surface area (Å²) >= 11 is 1.48. The summed E-state index contributed by atoms with van der Waals surface area (Å²) in [5.41, 5.74) is 11.8. The summed E-state index contributed by atoms with van der Waals surface area (Å²) in [5, 5.41) is 88.2. The van der Waals surface area contributed by atoms with Gasteiger partial charge in [-0.1, -0.05) is 24.3 Å². The lowest BCUT2D eigenvalue weighted by Gasteiger charge is -2.39. The molecule has 22 rings (SSSR count). The molecule has 0 aromatic carbocycles. The molecule has 0 unspecified atom stereocenters. The van der Waals surface area contributed by atoms with Gasteiger partial charge in [-0.2, -0.15) is 51.0 Å². The van der Waals surface area contributed by atoms with Gasteiger partial charge in [0.05, 0.1) is 122 Å². The molecule has 6 amide bonds. The molecule has 0 radical (unpaired) electrons. The van der Waals surface area contributed by atoms with E-state index < -0.39 is 11.5 Å². The minimum atomic E-state index is -0.555. The number of H-pyrrole nitrogens is 3. The van der Waals surface area contributed by atoms with Crippen LogP contribution in [0.3, 0.4) is 0 Å². The number of amides is 6. The van der Waals surface area contributed by atoms with Crippen molar-refractivity contribution in [2.24, 2.45) is 35.2 Å². The van der Waals surface area contributed by atoms with Crippen molar-refractivity contribution >= 4 is 94.8 Å². The van der Waals surface area contributed by atoms with Crippen molar-refractivity contribution in [3.8, 4) is 113 Å². The molecular formula is C99H95N31O19S. The summed E-state index contributed by atoms with van der Waals surface area (Å²) in [5.74, 6) is 1.98.